The summed E-state index contributed by atoms with van der Waals surface area (Å²) in [5.41, 5.74) is 5.72. The number of carbonyl (C=O) groups excluding carboxylic acids is 3. The normalized spacial score (nSPS) is 29.4. The summed E-state index contributed by atoms with van der Waals surface area (Å²) >= 11 is 0. The van der Waals surface area contributed by atoms with Crippen LogP contribution in [0.4, 0.5) is 5.69 Å². The van der Waals surface area contributed by atoms with Gasteiger partial charge in [-0.2, -0.15) is 5.10 Å². The molecule has 9 unspecified atom stereocenters. The molecule has 0 spiro atoms. The minimum atomic E-state index is -2.15. The molecular weight excluding hydrogens is 776 g/mol. The summed E-state index contributed by atoms with van der Waals surface area (Å²) in [6.07, 6.45) is 3.73. The summed E-state index contributed by atoms with van der Waals surface area (Å²) < 4.78 is 23.3. The van der Waals surface area contributed by atoms with Gasteiger partial charge in [0.2, 0.25) is 0 Å². The zero-order chi connectivity index (χ0) is 44.3. The lowest BCUT2D eigenvalue weighted by molar-refractivity contribution is -0.525. The first-order valence-electron chi connectivity index (χ1n) is 18.4. The third-order valence-corrected chi connectivity index (χ3v) is 10.6. The van der Waals surface area contributed by atoms with E-state index in [9.17, 15) is 50.0 Å². The topological polar surface area (TPSA) is 307 Å². The monoisotopic (exact) mass is 826 g/mol. The summed E-state index contributed by atoms with van der Waals surface area (Å²) in [4.78, 5) is 51.0. The maximum absolute atomic E-state index is 14.3. The van der Waals surface area contributed by atoms with Crippen LogP contribution in [0.3, 0.4) is 0 Å². The van der Waals surface area contributed by atoms with E-state index in [1.165, 1.54) is 53.0 Å². The zero-order valence-electron chi connectivity index (χ0n) is 33.9. The van der Waals surface area contributed by atoms with Gasteiger partial charge < -0.3 is 55.5 Å². The number of phenolic OH excluding ortho intramolecular Hbond substituents is 3. The molecule has 3 aliphatic rings. The van der Waals surface area contributed by atoms with Crippen molar-refractivity contribution in [2.75, 3.05) is 12.4 Å². The van der Waals surface area contributed by atoms with Crippen LogP contribution in [0.15, 0.2) is 46.3 Å². The molecule has 3 aliphatic heterocycles. The average Bonchev–Trinajstić information content (AvgIpc) is 3.43. The van der Waals surface area contributed by atoms with E-state index in [1.54, 1.807) is 39.2 Å². The maximum atomic E-state index is 14.3. The standard InChI is InChI=1S/C39H50N6O14/c1-16-11-10-12-17(2)37(53)42-28-23(15-41-43-38(40)44-45(54)55)32(50)25-26(33(28)51)31(49)21(6)35-27(25)36(52)39(8,59-35)57-14-13-24(56-9)18(3)34(58-22(7)46)20(5)30(48)19(4)29(16)47/h10-16,18-20,24,29-30,34,47-51H,1-9H3,(H,42,53)(H3,40,43,44)/b11-10+,14-13+,17-12?,41-15+. The van der Waals surface area contributed by atoms with Crippen molar-refractivity contribution < 1.29 is 63.9 Å². The number of allylic oxidation sites excluding steroid dienone is 2. The van der Waals surface area contributed by atoms with E-state index in [-0.39, 0.29) is 22.4 Å². The highest BCUT2D eigenvalue weighted by atomic mass is 16.7. The second-order valence-electron chi connectivity index (χ2n) is 14.7. The molecule has 0 fully saturated rings. The van der Waals surface area contributed by atoms with E-state index in [0.717, 1.165) is 12.5 Å². The number of benzene rings is 2. The summed E-state index contributed by atoms with van der Waals surface area (Å²) in [5.74, 6) is -10.4. The SMILES string of the molecule is COC1/C=C/OC2(C)Oc3c(C)c(O)c4c(O)c(c(/C=N/N=C(\N)N[N+](=O)[O-])c(O)c4c3C2=O)NC(=O)C(C)=C/C=C/C(C)C(O)C(C)C(O)C(C)C(OC(C)=O)C1C. The highest BCUT2D eigenvalue weighted by Crippen LogP contribution is 2.55. The number of Topliss-reactive ketones (excluding diaryl/α,β-unsaturated/α-hetero) is 1. The molecule has 1 amide bonds. The predicted molar refractivity (Wildman–Crippen MR) is 213 cm³/mol. The zero-order valence-corrected chi connectivity index (χ0v) is 33.9. The summed E-state index contributed by atoms with van der Waals surface area (Å²) in [5, 5.41) is 76.2. The number of hydrogen-bond acceptors (Lipinski definition) is 16. The van der Waals surface area contributed by atoms with Crippen LogP contribution in [0, 0.1) is 40.7 Å². The van der Waals surface area contributed by atoms with Crippen molar-refractivity contribution in [3.05, 3.63) is 62.9 Å². The number of hydrogen-bond donors (Lipinski definition) is 8. The molecule has 2 aromatic carbocycles. The van der Waals surface area contributed by atoms with Crippen molar-refractivity contribution in [2.24, 2.45) is 39.6 Å². The van der Waals surface area contributed by atoms with Gasteiger partial charge in [-0.05, 0) is 19.9 Å². The van der Waals surface area contributed by atoms with Crippen LogP contribution >= 0.6 is 0 Å². The van der Waals surface area contributed by atoms with Gasteiger partial charge in [0.15, 0.2) is 10.8 Å². The number of fused-ring (bicyclic) bond motifs is 14. The minimum Gasteiger partial charge on any atom is -0.507 e. The van der Waals surface area contributed by atoms with E-state index >= 15 is 0 Å². The Labute approximate surface area is 338 Å². The molecule has 320 valence electrons. The lowest BCUT2D eigenvalue weighted by Gasteiger charge is -2.38. The van der Waals surface area contributed by atoms with Crippen LogP contribution in [0.1, 0.15) is 70.0 Å². The molecule has 59 heavy (non-hydrogen) atoms. The number of nitrogens with one attached hydrogen (secondary N) is 2. The fourth-order valence-electron chi connectivity index (χ4n) is 7.14. The number of phenols is 3. The number of nitro groups is 1. The Morgan fingerprint density at radius 3 is 2.31 bits per heavy atom. The minimum absolute atomic E-state index is 0.0447. The van der Waals surface area contributed by atoms with Crippen LogP contribution in [-0.4, -0.2) is 97.7 Å². The smallest absolute Gasteiger partial charge is 0.312 e. The molecule has 2 aromatic rings. The molecule has 20 heteroatoms. The Morgan fingerprint density at radius 2 is 1.69 bits per heavy atom. The highest BCUT2D eigenvalue weighted by Gasteiger charge is 2.50. The van der Waals surface area contributed by atoms with Gasteiger partial charge in [0.05, 0.1) is 53.0 Å². The van der Waals surface area contributed by atoms with Gasteiger partial charge in [-0.15, -0.1) is 5.10 Å². The number of aromatic hydroxyl groups is 3. The van der Waals surface area contributed by atoms with Crippen molar-refractivity contribution in [3.63, 3.8) is 0 Å². The first-order valence-corrected chi connectivity index (χ1v) is 18.4. The fraction of sp³-hybridized carbons (Fsp3) is 0.462. The number of methoxy groups -OCH3 is 1. The number of ether oxygens (including phenoxy) is 4. The first-order chi connectivity index (χ1) is 27.6. The Hall–Kier alpha value is -6.25. The number of hydrazine groups is 1. The second kappa shape index (κ2) is 18.1. The molecule has 0 saturated heterocycles. The Kier molecular flexibility index (Phi) is 14.0. The van der Waals surface area contributed by atoms with Crippen LogP contribution in [0.2, 0.25) is 0 Å². The van der Waals surface area contributed by atoms with Gasteiger partial charge in [-0.3, -0.25) is 14.4 Å². The molecule has 0 aliphatic carbocycles. The van der Waals surface area contributed by atoms with Gasteiger partial charge in [-0.1, -0.05) is 51.3 Å². The van der Waals surface area contributed by atoms with Gasteiger partial charge in [0.1, 0.15) is 23.4 Å². The third kappa shape index (κ3) is 9.24. The first kappa shape index (κ1) is 45.5. The number of esters is 1. The van der Waals surface area contributed by atoms with Crippen molar-refractivity contribution in [1.82, 2.24) is 5.43 Å². The van der Waals surface area contributed by atoms with Crippen molar-refractivity contribution in [1.29, 1.82) is 0 Å². The van der Waals surface area contributed by atoms with Gasteiger partial charge in [0, 0.05) is 61.2 Å². The van der Waals surface area contributed by atoms with E-state index in [0.29, 0.717) is 0 Å². The largest absolute Gasteiger partial charge is 0.507 e. The lowest BCUT2D eigenvalue weighted by Crippen LogP contribution is -2.46. The number of anilines is 1. The number of ketones is 1. The third-order valence-electron chi connectivity index (χ3n) is 10.6. The van der Waals surface area contributed by atoms with Gasteiger partial charge >= 0.3 is 11.8 Å². The molecule has 9 N–H and O–H groups in total. The molecule has 9 atom stereocenters. The summed E-state index contributed by atoms with van der Waals surface area (Å²) in [7, 11) is 1.39. The van der Waals surface area contributed by atoms with E-state index < -0.39 is 122 Å². The maximum Gasteiger partial charge on any atom is 0.312 e. The number of carbonyl (C=O) groups is 3. The van der Waals surface area contributed by atoms with Crippen molar-refractivity contribution >= 4 is 46.3 Å². The number of amides is 1. The van der Waals surface area contributed by atoms with Crippen LogP contribution < -0.4 is 21.2 Å². The van der Waals surface area contributed by atoms with Gasteiger partial charge in [0.25, 0.3) is 17.6 Å². The molecular formula is C39H50N6O14. The molecule has 0 aromatic heterocycles. The van der Waals surface area contributed by atoms with Crippen molar-refractivity contribution in [2.45, 2.75) is 85.6 Å². The summed E-state index contributed by atoms with van der Waals surface area (Å²) in [6.45, 7) is 12.0. The number of aliphatic hydroxyl groups is 2. The molecule has 0 radical (unpaired) electrons. The van der Waals surface area contributed by atoms with Crippen LogP contribution in [-0.2, 0) is 23.8 Å². The number of aliphatic hydroxyl groups excluding tert-OH is 2. The van der Waals surface area contributed by atoms with Crippen LogP contribution in [0.25, 0.3) is 10.8 Å². The average molecular weight is 827 g/mol. The number of rotatable bonds is 5. The van der Waals surface area contributed by atoms with E-state index in [2.05, 4.69) is 15.5 Å². The fourth-order valence-corrected chi connectivity index (χ4v) is 7.14. The molecule has 0 saturated carbocycles. The van der Waals surface area contributed by atoms with Crippen LogP contribution in [0.5, 0.6) is 23.0 Å². The Balaban J connectivity index is 1.99. The van der Waals surface area contributed by atoms with Crippen molar-refractivity contribution in [3.8, 4) is 23.0 Å². The number of guanidine groups is 1. The Bertz CT molecular complexity index is 2170. The molecule has 20 nitrogen and oxygen atoms in total. The second-order valence-corrected chi connectivity index (χ2v) is 14.7. The predicted octanol–water partition coefficient (Wildman–Crippen LogP) is 3.18. The highest BCUT2D eigenvalue weighted by molar-refractivity contribution is 6.23. The van der Waals surface area contributed by atoms with E-state index in [4.69, 9.17) is 24.7 Å². The molecule has 5 bridgehead atoms. The Morgan fingerprint density at radius 1 is 1.03 bits per heavy atom. The quantitative estimate of drug-likeness (QED) is 0.0408. The molecule has 3 heterocycles. The van der Waals surface area contributed by atoms with Gasteiger partial charge in [-0.25, -0.2) is 10.1 Å². The lowest BCUT2D eigenvalue weighted by atomic mass is 9.78. The number of nitrogens with two attached hydrogens (primary N) is 1. The van der Waals surface area contributed by atoms with E-state index in [1.807, 2.05) is 0 Å². The molecule has 5 rings (SSSR count). The number of nitrogens with zero attached hydrogens (tertiary/aromatic N) is 3. The summed E-state index contributed by atoms with van der Waals surface area (Å²) in [6, 6.07) is 0.